The standard InChI is InChI=1S/C26H18O7/c1-31-16-9-7-15(8-10-16)24-20(12-21(27)28)19-11-18-17(14-5-3-2-4-6-14)13-22(29)32-25(18)23(30)26(19)33-24/h2-11,13,30H,12H2,1H3,(H,27,28). The predicted molar refractivity (Wildman–Crippen MR) is 123 cm³/mol. The fourth-order valence-corrected chi connectivity index (χ4v) is 4.03. The molecule has 0 bridgehead atoms. The third kappa shape index (κ3) is 3.49. The molecule has 7 heteroatoms. The number of benzene rings is 3. The Labute approximate surface area is 187 Å². The van der Waals surface area contributed by atoms with Gasteiger partial charge < -0.3 is 23.8 Å². The highest BCUT2D eigenvalue weighted by atomic mass is 16.5. The molecule has 164 valence electrons. The van der Waals surface area contributed by atoms with Crippen LogP contribution in [0.2, 0.25) is 0 Å². The van der Waals surface area contributed by atoms with E-state index in [1.165, 1.54) is 6.07 Å². The van der Waals surface area contributed by atoms with Crippen molar-refractivity contribution >= 4 is 27.9 Å². The molecule has 0 saturated carbocycles. The average molecular weight is 442 g/mol. The van der Waals surface area contributed by atoms with Crippen LogP contribution in [0.25, 0.3) is 44.4 Å². The van der Waals surface area contributed by atoms with Gasteiger partial charge >= 0.3 is 11.6 Å². The number of aromatic hydroxyl groups is 1. The maximum absolute atomic E-state index is 12.3. The molecule has 0 saturated heterocycles. The summed E-state index contributed by atoms with van der Waals surface area (Å²) in [6.07, 6.45) is -0.323. The quantitative estimate of drug-likeness (QED) is 0.359. The molecule has 0 fully saturated rings. The molecule has 0 radical (unpaired) electrons. The van der Waals surface area contributed by atoms with Gasteiger partial charge in [0.25, 0.3) is 0 Å². The molecular weight excluding hydrogens is 424 g/mol. The number of rotatable bonds is 5. The van der Waals surface area contributed by atoms with Crippen molar-refractivity contribution in [1.82, 2.24) is 0 Å². The molecular formula is C26H18O7. The van der Waals surface area contributed by atoms with E-state index in [4.69, 9.17) is 13.6 Å². The lowest BCUT2D eigenvalue weighted by Crippen LogP contribution is -2.01. The largest absolute Gasteiger partial charge is 0.502 e. The van der Waals surface area contributed by atoms with Gasteiger partial charge in [-0.1, -0.05) is 30.3 Å². The number of carboxylic acid groups (broad SMARTS) is 1. The SMILES string of the molecule is COc1ccc(-c2oc3c(O)c4oc(=O)cc(-c5ccccc5)c4cc3c2CC(=O)O)cc1. The molecule has 0 aliphatic heterocycles. The second-order valence-electron chi connectivity index (χ2n) is 7.53. The van der Waals surface area contributed by atoms with E-state index in [0.29, 0.717) is 39.0 Å². The van der Waals surface area contributed by atoms with Crippen LogP contribution < -0.4 is 10.4 Å². The zero-order valence-electron chi connectivity index (χ0n) is 17.5. The fourth-order valence-electron chi connectivity index (χ4n) is 4.03. The first kappa shape index (κ1) is 20.4. The van der Waals surface area contributed by atoms with Crippen molar-refractivity contribution in [1.29, 1.82) is 0 Å². The van der Waals surface area contributed by atoms with Gasteiger partial charge in [-0.25, -0.2) is 4.79 Å². The summed E-state index contributed by atoms with van der Waals surface area (Å²) in [5.74, 6) is -0.458. The Hall–Kier alpha value is -4.52. The fraction of sp³-hybridized carbons (Fsp3) is 0.0769. The van der Waals surface area contributed by atoms with Gasteiger partial charge in [-0.2, -0.15) is 0 Å². The second-order valence-corrected chi connectivity index (χ2v) is 7.53. The number of fused-ring (bicyclic) bond motifs is 2. The highest BCUT2D eigenvalue weighted by molar-refractivity contribution is 6.08. The first-order valence-electron chi connectivity index (χ1n) is 10.1. The normalized spacial score (nSPS) is 11.2. The molecule has 7 nitrogen and oxygen atoms in total. The third-order valence-electron chi connectivity index (χ3n) is 5.53. The molecule has 0 spiro atoms. The van der Waals surface area contributed by atoms with E-state index in [1.54, 1.807) is 37.4 Å². The minimum absolute atomic E-state index is 0.0224. The number of hydrogen-bond acceptors (Lipinski definition) is 6. The van der Waals surface area contributed by atoms with Crippen LogP contribution in [0.5, 0.6) is 11.5 Å². The molecule has 3 aromatic carbocycles. The van der Waals surface area contributed by atoms with Crippen molar-refractivity contribution in [3.05, 3.63) is 82.7 Å². The Morgan fingerprint density at radius 2 is 1.61 bits per heavy atom. The molecule has 5 aromatic rings. The van der Waals surface area contributed by atoms with Crippen molar-refractivity contribution in [3.63, 3.8) is 0 Å². The maximum atomic E-state index is 12.3. The summed E-state index contributed by atoms with van der Waals surface area (Å²) < 4.78 is 16.5. The predicted octanol–water partition coefficient (Wildman–Crippen LogP) is 5.21. The number of ether oxygens (including phenoxy) is 1. The third-order valence-corrected chi connectivity index (χ3v) is 5.53. The smallest absolute Gasteiger partial charge is 0.336 e. The van der Waals surface area contributed by atoms with E-state index < -0.39 is 11.6 Å². The van der Waals surface area contributed by atoms with Gasteiger partial charge in [0.2, 0.25) is 5.75 Å². The van der Waals surface area contributed by atoms with Gasteiger partial charge in [-0.15, -0.1) is 0 Å². The van der Waals surface area contributed by atoms with Crippen LogP contribution in [-0.2, 0) is 11.2 Å². The molecule has 2 aromatic heterocycles. The molecule has 0 aliphatic carbocycles. The minimum Gasteiger partial charge on any atom is -0.502 e. The summed E-state index contributed by atoms with van der Waals surface area (Å²) in [7, 11) is 1.55. The van der Waals surface area contributed by atoms with Crippen molar-refractivity contribution < 1.29 is 28.6 Å². The maximum Gasteiger partial charge on any atom is 0.336 e. The van der Waals surface area contributed by atoms with E-state index >= 15 is 0 Å². The zero-order valence-corrected chi connectivity index (χ0v) is 17.5. The summed E-state index contributed by atoms with van der Waals surface area (Å²) >= 11 is 0. The first-order chi connectivity index (χ1) is 16.0. The average Bonchev–Trinajstić information content (AvgIpc) is 3.18. The van der Waals surface area contributed by atoms with E-state index in [0.717, 1.165) is 5.56 Å². The number of furan rings is 1. The lowest BCUT2D eigenvalue weighted by Gasteiger charge is -2.07. The van der Waals surface area contributed by atoms with Crippen LogP contribution in [-0.4, -0.2) is 23.3 Å². The van der Waals surface area contributed by atoms with E-state index in [-0.39, 0.29) is 23.3 Å². The number of carbonyl (C=O) groups is 1. The molecule has 0 amide bonds. The first-order valence-corrected chi connectivity index (χ1v) is 10.1. The minimum atomic E-state index is -1.05. The van der Waals surface area contributed by atoms with Crippen LogP contribution in [0.1, 0.15) is 5.56 Å². The second kappa shape index (κ2) is 7.87. The number of phenolic OH excluding ortho intramolecular Hbond substituents is 1. The molecule has 2 N–H and O–H groups in total. The summed E-state index contributed by atoms with van der Waals surface area (Å²) in [5, 5.41) is 21.5. The Kier molecular flexibility index (Phi) is 4.86. The summed E-state index contributed by atoms with van der Waals surface area (Å²) in [6.45, 7) is 0. The van der Waals surface area contributed by atoms with Crippen LogP contribution in [0, 0.1) is 0 Å². The topological polar surface area (TPSA) is 110 Å². The van der Waals surface area contributed by atoms with Crippen LogP contribution >= 0.6 is 0 Å². The van der Waals surface area contributed by atoms with Gasteiger partial charge in [0, 0.05) is 33.5 Å². The van der Waals surface area contributed by atoms with Crippen molar-refractivity contribution in [3.8, 4) is 33.9 Å². The summed E-state index contributed by atoms with van der Waals surface area (Å²) in [5.41, 5.74) is 1.76. The number of hydrogen-bond donors (Lipinski definition) is 2. The number of phenols is 1. The number of aliphatic carboxylic acids is 1. The Balaban J connectivity index is 1.86. The van der Waals surface area contributed by atoms with Crippen LogP contribution in [0.15, 0.2) is 80.4 Å². The van der Waals surface area contributed by atoms with E-state index in [2.05, 4.69) is 0 Å². The van der Waals surface area contributed by atoms with Crippen LogP contribution in [0.4, 0.5) is 0 Å². The van der Waals surface area contributed by atoms with Gasteiger partial charge in [0.15, 0.2) is 11.2 Å². The van der Waals surface area contributed by atoms with Crippen molar-refractivity contribution in [2.24, 2.45) is 0 Å². The summed E-state index contributed by atoms with van der Waals surface area (Å²) in [4.78, 5) is 24.0. The Bertz CT molecular complexity index is 1560. The molecule has 0 unspecified atom stereocenters. The van der Waals surface area contributed by atoms with Gasteiger partial charge in [-0.05, 0) is 35.9 Å². The van der Waals surface area contributed by atoms with Crippen molar-refractivity contribution in [2.75, 3.05) is 7.11 Å². The lowest BCUT2D eigenvalue weighted by molar-refractivity contribution is -0.136. The monoisotopic (exact) mass is 442 g/mol. The molecule has 2 heterocycles. The molecule has 0 aliphatic rings. The van der Waals surface area contributed by atoms with Gasteiger partial charge in [-0.3, -0.25) is 4.79 Å². The highest BCUT2D eigenvalue weighted by Crippen LogP contribution is 2.43. The van der Waals surface area contributed by atoms with Crippen molar-refractivity contribution in [2.45, 2.75) is 6.42 Å². The molecule has 33 heavy (non-hydrogen) atoms. The number of methoxy groups -OCH3 is 1. The number of carboxylic acids is 1. The van der Waals surface area contributed by atoms with E-state index in [1.807, 2.05) is 30.3 Å². The summed E-state index contributed by atoms with van der Waals surface area (Å²) in [6, 6.07) is 19.2. The Morgan fingerprint density at radius 3 is 2.27 bits per heavy atom. The van der Waals surface area contributed by atoms with E-state index in [9.17, 15) is 19.8 Å². The lowest BCUT2D eigenvalue weighted by atomic mass is 9.97. The van der Waals surface area contributed by atoms with Gasteiger partial charge in [0.1, 0.15) is 11.5 Å². The molecule has 0 atom stereocenters. The molecule has 5 rings (SSSR count). The zero-order chi connectivity index (χ0) is 23.1. The van der Waals surface area contributed by atoms with Gasteiger partial charge in [0.05, 0.1) is 13.5 Å². The Morgan fingerprint density at radius 1 is 0.909 bits per heavy atom. The van der Waals surface area contributed by atoms with Crippen LogP contribution in [0.3, 0.4) is 0 Å². The highest BCUT2D eigenvalue weighted by Gasteiger charge is 2.24.